The summed E-state index contributed by atoms with van der Waals surface area (Å²) in [5.41, 5.74) is 1.73. The molecule has 24 heavy (non-hydrogen) atoms. The molecule has 0 atom stereocenters. The van der Waals surface area contributed by atoms with Crippen LogP contribution < -0.4 is 10.2 Å². The van der Waals surface area contributed by atoms with Crippen molar-refractivity contribution < 1.29 is 9.63 Å². The van der Waals surface area contributed by atoms with Crippen LogP contribution in [0.1, 0.15) is 5.69 Å². The molecule has 1 aliphatic heterocycles. The Bertz CT molecular complexity index is 654. The van der Waals surface area contributed by atoms with E-state index >= 15 is 0 Å². The predicted molar refractivity (Wildman–Crippen MR) is 104 cm³/mol. The van der Waals surface area contributed by atoms with Crippen molar-refractivity contribution in [2.75, 3.05) is 38.1 Å². The number of halogens is 1. The van der Waals surface area contributed by atoms with Crippen molar-refractivity contribution in [2.45, 2.75) is 6.54 Å². The molecule has 2 N–H and O–H groups in total. The third-order valence-corrected chi connectivity index (χ3v) is 3.93. The number of nitrogens with zero attached hydrogens (tertiary/aromatic N) is 4. The number of rotatable bonds is 3. The van der Waals surface area contributed by atoms with Crippen molar-refractivity contribution in [2.24, 2.45) is 4.99 Å². The predicted octanol–water partition coefficient (Wildman–Crippen LogP) is 1.90. The largest absolute Gasteiger partial charge is 0.506 e. The highest BCUT2D eigenvalue weighted by Crippen LogP contribution is 2.27. The number of phenolic OH excluding ortho intramolecular Hbond substituents is 1. The molecular formula is C16H22IN5O2. The summed E-state index contributed by atoms with van der Waals surface area (Å²) in [5, 5.41) is 17.1. The second kappa shape index (κ2) is 8.76. The highest BCUT2D eigenvalue weighted by atomic mass is 127. The second-order valence-corrected chi connectivity index (χ2v) is 5.35. The van der Waals surface area contributed by atoms with Crippen molar-refractivity contribution in [1.82, 2.24) is 15.4 Å². The lowest BCUT2D eigenvalue weighted by Crippen LogP contribution is -2.52. The first-order chi connectivity index (χ1) is 11.3. The SMILES string of the molecule is CN=C(NCc1ccon1)N1CCN(c2ccccc2O)CC1.I. The van der Waals surface area contributed by atoms with Gasteiger partial charge in [-0.3, -0.25) is 4.99 Å². The Balaban J connectivity index is 0.00000208. The van der Waals surface area contributed by atoms with Gasteiger partial charge < -0.3 is 24.7 Å². The van der Waals surface area contributed by atoms with Crippen LogP contribution in [0.25, 0.3) is 0 Å². The van der Waals surface area contributed by atoms with Crippen LogP contribution >= 0.6 is 24.0 Å². The minimum Gasteiger partial charge on any atom is -0.506 e. The quantitative estimate of drug-likeness (QED) is 0.429. The van der Waals surface area contributed by atoms with Crippen LogP contribution in [-0.4, -0.2) is 54.3 Å². The standard InChI is InChI=1S/C16H21N5O2.HI/c1-17-16(18-12-13-6-11-23-19-13)21-9-7-20(8-10-21)14-4-2-3-5-15(14)22;/h2-6,11,22H,7-10,12H2,1H3,(H,17,18);1H. The third-order valence-electron chi connectivity index (χ3n) is 3.93. The van der Waals surface area contributed by atoms with Crippen molar-refractivity contribution >= 4 is 35.6 Å². The molecule has 1 saturated heterocycles. The number of phenols is 1. The zero-order valence-electron chi connectivity index (χ0n) is 13.6. The molecule has 3 rings (SSSR count). The zero-order valence-corrected chi connectivity index (χ0v) is 15.9. The van der Waals surface area contributed by atoms with Crippen molar-refractivity contribution in [3.05, 3.63) is 42.3 Å². The molecule has 1 aromatic heterocycles. The Labute approximate surface area is 158 Å². The Kier molecular flexibility index (Phi) is 6.71. The van der Waals surface area contributed by atoms with E-state index < -0.39 is 0 Å². The smallest absolute Gasteiger partial charge is 0.194 e. The lowest BCUT2D eigenvalue weighted by molar-refractivity contribution is 0.368. The average Bonchev–Trinajstić information content (AvgIpc) is 3.10. The molecule has 0 aliphatic carbocycles. The summed E-state index contributed by atoms with van der Waals surface area (Å²) in [5.74, 6) is 1.18. The third kappa shape index (κ3) is 4.31. The Hall–Kier alpha value is -1.97. The summed E-state index contributed by atoms with van der Waals surface area (Å²) in [4.78, 5) is 8.73. The number of aliphatic imine (C=N–C) groups is 1. The van der Waals surface area contributed by atoms with Crippen molar-refractivity contribution in [3.63, 3.8) is 0 Å². The molecule has 130 valence electrons. The number of hydrogen-bond acceptors (Lipinski definition) is 5. The molecular weight excluding hydrogens is 421 g/mol. The van der Waals surface area contributed by atoms with E-state index in [2.05, 4.69) is 25.3 Å². The maximum absolute atomic E-state index is 9.97. The van der Waals surface area contributed by atoms with E-state index in [1.165, 1.54) is 0 Å². The van der Waals surface area contributed by atoms with E-state index in [0.29, 0.717) is 12.3 Å². The minimum absolute atomic E-state index is 0. The molecule has 0 unspecified atom stereocenters. The Morgan fingerprint density at radius 1 is 1.25 bits per heavy atom. The molecule has 1 aliphatic rings. The first-order valence-corrected chi connectivity index (χ1v) is 7.65. The monoisotopic (exact) mass is 443 g/mol. The van der Waals surface area contributed by atoms with E-state index in [4.69, 9.17) is 4.52 Å². The van der Waals surface area contributed by atoms with Gasteiger partial charge in [-0.15, -0.1) is 24.0 Å². The van der Waals surface area contributed by atoms with Crippen LogP contribution in [0.3, 0.4) is 0 Å². The lowest BCUT2D eigenvalue weighted by Gasteiger charge is -2.37. The van der Waals surface area contributed by atoms with Crippen LogP contribution in [0, 0.1) is 0 Å². The molecule has 0 saturated carbocycles. The molecule has 0 radical (unpaired) electrons. The number of aromatic nitrogens is 1. The van der Waals surface area contributed by atoms with E-state index in [1.54, 1.807) is 19.4 Å². The molecule has 0 spiro atoms. The van der Waals surface area contributed by atoms with Crippen LogP contribution in [0.2, 0.25) is 0 Å². The Morgan fingerprint density at radius 3 is 2.62 bits per heavy atom. The molecule has 2 aromatic rings. The fourth-order valence-electron chi connectivity index (χ4n) is 2.72. The zero-order chi connectivity index (χ0) is 16.1. The van der Waals surface area contributed by atoms with Crippen LogP contribution in [0.5, 0.6) is 5.75 Å². The van der Waals surface area contributed by atoms with Crippen LogP contribution in [-0.2, 0) is 6.54 Å². The van der Waals surface area contributed by atoms with E-state index in [9.17, 15) is 5.11 Å². The summed E-state index contributed by atoms with van der Waals surface area (Å²) < 4.78 is 4.83. The molecule has 7 nitrogen and oxygen atoms in total. The molecule has 0 bridgehead atoms. The second-order valence-electron chi connectivity index (χ2n) is 5.35. The number of hydrogen-bond donors (Lipinski definition) is 2. The number of piperazine rings is 1. The van der Waals surface area contributed by atoms with Gasteiger partial charge >= 0.3 is 0 Å². The fraction of sp³-hybridized carbons (Fsp3) is 0.375. The first-order valence-electron chi connectivity index (χ1n) is 7.65. The highest BCUT2D eigenvalue weighted by Gasteiger charge is 2.21. The van der Waals surface area contributed by atoms with E-state index in [0.717, 1.165) is 43.5 Å². The molecule has 1 aromatic carbocycles. The number of para-hydroxylation sites is 2. The van der Waals surface area contributed by atoms with E-state index in [1.807, 2.05) is 24.3 Å². The van der Waals surface area contributed by atoms with Gasteiger partial charge in [-0.25, -0.2) is 0 Å². The van der Waals surface area contributed by atoms with Crippen LogP contribution in [0.4, 0.5) is 5.69 Å². The highest BCUT2D eigenvalue weighted by molar-refractivity contribution is 14.0. The summed E-state index contributed by atoms with van der Waals surface area (Å²) >= 11 is 0. The van der Waals surface area contributed by atoms with E-state index in [-0.39, 0.29) is 24.0 Å². The Morgan fingerprint density at radius 2 is 2.00 bits per heavy atom. The molecule has 1 fully saturated rings. The maximum Gasteiger partial charge on any atom is 0.194 e. The minimum atomic E-state index is 0. The van der Waals surface area contributed by atoms with Gasteiger partial charge in [0.25, 0.3) is 0 Å². The number of guanidine groups is 1. The molecule has 2 heterocycles. The van der Waals surface area contributed by atoms with Gasteiger partial charge in [-0.05, 0) is 12.1 Å². The van der Waals surface area contributed by atoms with Gasteiger partial charge in [0.2, 0.25) is 0 Å². The number of aromatic hydroxyl groups is 1. The molecule has 0 amide bonds. The van der Waals surface area contributed by atoms with Crippen molar-refractivity contribution in [1.29, 1.82) is 0 Å². The van der Waals surface area contributed by atoms with Gasteiger partial charge in [0.05, 0.1) is 12.2 Å². The summed E-state index contributed by atoms with van der Waals surface area (Å²) in [6.45, 7) is 3.94. The topological polar surface area (TPSA) is 77.1 Å². The number of benzene rings is 1. The van der Waals surface area contributed by atoms with Crippen molar-refractivity contribution in [3.8, 4) is 5.75 Å². The lowest BCUT2D eigenvalue weighted by atomic mass is 10.2. The van der Waals surface area contributed by atoms with Gasteiger partial charge in [0.1, 0.15) is 17.7 Å². The number of nitrogens with one attached hydrogen (secondary N) is 1. The average molecular weight is 443 g/mol. The van der Waals surface area contributed by atoms with Crippen LogP contribution in [0.15, 0.2) is 46.1 Å². The summed E-state index contributed by atoms with van der Waals surface area (Å²) in [7, 11) is 1.78. The van der Waals surface area contributed by atoms with Gasteiger partial charge in [-0.1, -0.05) is 17.3 Å². The van der Waals surface area contributed by atoms with Gasteiger partial charge in [-0.2, -0.15) is 0 Å². The fourth-order valence-corrected chi connectivity index (χ4v) is 2.72. The van der Waals surface area contributed by atoms with Gasteiger partial charge in [0.15, 0.2) is 5.96 Å². The first kappa shape index (κ1) is 18.4. The van der Waals surface area contributed by atoms with Gasteiger partial charge in [0, 0.05) is 39.3 Å². The molecule has 8 heteroatoms. The maximum atomic E-state index is 9.97. The normalized spacial score (nSPS) is 15.1. The number of anilines is 1. The summed E-state index contributed by atoms with van der Waals surface area (Å²) in [6.07, 6.45) is 1.56. The summed E-state index contributed by atoms with van der Waals surface area (Å²) in [6, 6.07) is 9.28.